The molecule has 1 aliphatic rings. The lowest BCUT2D eigenvalue weighted by Crippen LogP contribution is -2.28. The van der Waals surface area contributed by atoms with Gasteiger partial charge in [0, 0.05) is 22.5 Å². The maximum Gasteiger partial charge on any atom is 0.135 e. The van der Waals surface area contributed by atoms with Crippen molar-refractivity contribution in [3.63, 3.8) is 0 Å². The first-order chi connectivity index (χ1) is 26.1. The Kier molecular flexibility index (Phi) is 7.98. The number of rotatable bonds is 8. The number of nitrogens with two attached hydrogens (primary N) is 2. The van der Waals surface area contributed by atoms with Crippen molar-refractivity contribution in [2.24, 2.45) is 0 Å². The van der Waals surface area contributed by atoms with E-state index in [4.69, 9.17) is 20.9 Å². The zero-order valence-corrected chi connectivity index (χ0v) is 28.9. The molecule has 0 amide bonds. The first-order valence-electron chi connectivity index (χ1n) is 17.7. The lowest BCUT2D eigenvalue weighted by Gasteiger charge is -2.35. The maximum absolute atomic E-state index is 6.59. The average molecular weight is 685 g/mol. The van der Waals surface area contributed by atoms with E-state index in [2.05, 4.69) is 133 Å². The lowest BCUT2D eigenvalue weighted by molar-refractivity contribution is 0.484. The Morgan fingerprint density at radius 2 is 0.717 bits per heavy atom. The van der Waals surface area contributed by atoms with Gasteiger partial charge in [-0.3, -0.25) is 0 Å². The third-order valence-corrected chi connectivity index (χ3v) is 10.2. The van der Waals surface area contributed by atoms with Crippen LogP contribution in [0.5, 0.6) is 23.0 Å². The highest BCUT2D eigenvalue weighted by atomic mass is 16.5. The summed E-state index contributed by atoms with van der Waals surface area (Å²) in [6.45, 7) is 0. The second-order valence-electron chi connectivity index (χ2n) is 13.3. The smallest absolute Gasteiger partial charge is 0.135 e. The predicted molar refractivity (Wildman–Crippen MR) is 216 cm³/mol. The number of ether oxygens (including phenoxy) is 2. The molecule has 0 aromatic heterocycles. The molecule has 4 N–H and O–H groups in total. The van der Waals surface area contributed by atoms with Gasteiger partial charge in [0.15, 0.2) is 0 Å². The van der Waals surface area contributed by atoms with Gasteiger partial charge in [-0.15, -0.1) is 0 Å². The standard InChI is InChI=1S/C49H36N2O2/c50-37-21-25-39(26-22-37)52-47-29-19-35(31-43(47)33-11-3-1-4-12-33)49(45-17-9-7-15-41(45)42-16-8-10-18-46(42)49)36-20-30-48(53-40-27-23-38(51)24-28-40)44(32-36)34-13-5-2-6-14-34/h1-32H,50-51H2. The maximum atomic E-state index is 6.59. The van der Waals surface area contributed by atoms with Crippen molar-refractivity contribution in [1.82, 2.24) is 0 Å². The van der Waals surface area contributed by atoms with Crippen LogP contribution in [-0.2, 0) is 5.41 Å². The zero-order chi connectivity index (χ0) is 35.8. The Balaban J connectivity index is 1.31. The predicted octanol–water partition coefficient (Wildman–Crippen LogP) is 12.1. The van der Waals surface area contributed by atoms with Gasteiger partial charge in [-0.2, -0.15) is 0 Å². The molecule has 0 heterocycles. The van der Waals surface area contributed by atoms with E-state index in [-0.39, 0.29) is 0 Å². The van der Waals surface area contributed by atoms with Gasteiger partial charge in [0.1, 0.15) is 23.0 Å². The van der Waals surface area contributed by atoms with E-state index in [0.717, 1.165) is 56.4 Å². The van der Waals surface area contributed by atoms with Crippen molar-refractivity contribution in [3.8, 4) is 56.4 Å². The highest BCUT2D eigenvalue weighted by Gasteiger charge is 2.46. The van der Waals surface area contributed by atoms with Crippen LogP contribution in [-0.4, -0.2) is 0 Å². The lowest BCUT2D eigenvalue weighted by atomic mass is 9.67. The van der Waals surface area contributed by atoms with Crippen LogP contribution in [0.1, 0.15) is 22.3 Å². The Labute approximate surface area is 309 Å². The van der Waals surface area contributed by atoms with E-state index in [9.17, 15) is 0 Å². The van der Waals surface area contributed by atoms with Gasteiger partial charge in [0.2, 0.25) is 0 Å². The largest absolute Gasteiger partial charge is 0.457 e. The van der Waals surface area contributed by atoms with Crippen LogP contribution >= 0.6 is 0 Å². The van der Waals surface area contributed by atoms with Crippen molar-refractivity contribution >= 4 is 11.4 Å². The minimum Gasteiger partial charge on any atom is -0.457 e. The molecule has 0 saturated carbocycles. The van der Waals surface area contributed by atoms with E-state index in [1.54, 1.807) is 0 Å². The molecule has 9 rings (SSSR count). The fourth-order valence-corrected chi connectivity index (χ4v) is 7.74. The van der Waals surface area contributed by atoms with Crippen LogP contribution in [0.25, 0.3) is 33.4 Å². The number of benzene rings is 8. The van der Waals surface area contributed by atoms with Crippen molar-refractivity contribution in [1.29, 1.82) is 0 Å². The number of hydrogen-bond acceptors (Lipinski definition) is 4. The molecule has 0 atom stereocenters. The Hall–Kier alpha value is -7.04. The number of nitrogen functional groups attached to an aromatic ring is 2. The molecule has 8 aromatic carbocycles. The molecule has 1 aliphatic carbocycles. The molecule has 0 saturated heterocycles. The molecule has 4 nitrogen and oxygen atoms in total. The van der Waals surface area contributed by atoms with Crippen LogP contribution in [0.2, 0.25) is 0 Å². The molecule has 0 aliphatic heterocycles. The average Bonchev–Trinajstić information content (AvgIpc) is 3.52. The molecule has 53 heavy (non-hydrogen) atoms. The molecule has 0 bridgehead atoms. The molecule has 4 heteroatoms. The Bertz CT molecular complexity index is 2380. The fourth-order valence-electron chi connectivity index (χ4n) is 7.74. The fraction of sp³-hybridized carbons (Fsp3) is 0.0204. The van der Waals surface area contributed by atoms with E-state index in [1.807, 2.05) is 60.7 Å². The zero-order valence-electron chi connectivity index (χ0n) is 28.9. The Morgan fingerprint density at radius 3 is 1.13 bits per heavy atom. The molecule has 254 valence electrons. The van der Waals surface area contributed by atoms with E-state index >= 15 is 0 Å². The quantitative estimate of drug-likeness (QED) is 0.156. The summed E-state index contributed by atoms with van der Waals surface area (Å²) in [4.78, 5) is 0. The molecule has 0 radical (unpaired) electrons. The normalized spacial score (nSPS) is 12.5. The van der Waals surface area contributed by atoms with Gasteiger partial charge in [-0.1, -0.05) is 121 Å². The summed E-state index contributed by atoms with van der Waals surface area (Å²) in [5.74, 6) is 2.97. The molecule has 0 unspecified atom stereocenters. The van der Waals surface area contributed by atoms with Crippen molar-refractivity contribution < 1.29 is 9.47 Å². The summed E-state index contributed by atoms with van der Waals surface area (Å²) >= 11 is 0. The summed E-state index contributed by atoms with van der Waals surface area (Å²) in [6, 6.07) is 66.8. The third-order valence-electron chi connectivity index (χ3n) is 10.2. The van der Waals surface area contributed by atoms with Crippen LogP contribution in [0.3, 0.4) is 0 Å². The number of fused-ring (bicyclic) bond motifs is 3. The summed E-state index contributed by atoms with van der Waals surface area (Å²) < 4.78 is 13.2. The van der Waals surface area contributed by atoms with Crippen LogP contribution in [0, 0.1) is 0 Å². The van der Waals surface area contributed by atoms with Crippen LogP contribution in [0.15, 0.2) is 194 Å². The molecule has 0 spiro atoms. The summed E-state index contributed by atoms with van der Waals surface area (Å²) in [7, 11) is 0. The van der Waals surface area contributed by atoms with Gasteiger partial charge < -0.3 is 20.9 Å². The third kappa shape index (κ3) is 5.67. The summed E-state index contributed by atoms with van der Waals surface area (Å²) in [5, 5.41) is 0. The van der Waals surface area contributed by atoms with E-state index < -0.39 is 5.41 Å². The Morgan fingerprint density at radius 1 is 0.340 bits per heavy atom. The highest BCUT2D eigenvalue weighted by Crippen LogP contribution is 2.57. The van der Waals surface area contributed by atoms with Crippen molar-refractivity contribution in [2.75, 3.05) is 11.5 Å². The second kappa shape index (κ2) is 13.3. The first kappa shape index (κ1) is 31.9. The molecule has 8 aromatic rings. The minimum atomic E-state index is -0.667. The van der Waals surface area contributed by atoms with Gasteiger partial charge in [0.25, 0.3) is 0 Å². The molecule has 0 fully saturated rings. The first-order valence-corrected chi connectivity index (χ1v) is 17.7. The highest BCUT2D eigenvalue weighted by molar-refractivity contribution is 5.88. The van der Waals surface area contributed by atoms with Crippen LogP contribution < -0.4 is 20.9 Å². The van der Waals surface area contributed by atoms with Crippen molar-refractivity contribution in [2.45, 2.75) is 5.41 Å². The molecular weight excluding hydrogens is 649 g/mol. The number of anilines is 2. The summed E-state index contributed by atoms with van der Waals surface area (Å²) in [5.41, 5.74) is 24.0. The second-order valence-corrected chi connectivity index (χ2v) is 13.3. The van der Waals surface area contributed by atoms with E-state index in [0.29, 0.717) is 11.4 Å². The monoisotopic (exact) mass is 684 g/mol. The van der Waals surface area contributed by atoms with Gasteiger partial charge >= 0.3 is 0 Å². The minimum absolute atomic E-state index is 0.667. The SMILES string of the molecule is Nc1ccc(Oc2ccc(C3(c4ccc(Oc5ccc(N)cc5)c(-c5ccccc5)c4)c4ccccc4-c4ccccc43)cc2-c2ccccc2)cc1. The summed E-state index contributed by atoms with van der Waals surface area (Å²) in [6.07, 6.45) is 0. The molecular formula is C49H36N2O2. The topological polar surface area (TPSA) is 70.5 Å². The number of hydrogen-bond donors (Lipinski definition) is 2. The van der Waals surface area contributed by atoms with E-state index in [1.165, 1.54) is 22.3 Å². The van der Waals surface area contributed by atoms with Gasteiger partial charge in [-0.05, 0) is 117 Å². The van der Waals surface area contributed by atoms with Crippen molar-refractivity contribution in [3.05, 3.63) is 216 Å². The van der Waals surface area contributed by atoms with Gasteiger partial charge in [0.05, 0.1) is 5.41 Å². The van der Waals surface area contributed by atoms with Gasteiger partial charge in [-0.25, -0.2) is 0 Å². The van der Waals surface area contributed by atoms with Crippen LogP contribution in [0.4, 0.5) is 11.4 Å².